The molecule has 2 aromatic heterocycles. The minimum absolute atomic E-state index is 0. The molecule has 0 amide bonds. The summed E-state index contributed by atoms with van der Waals surface area (Å²) in [5.41, 5.74) is 14.3. The molecule has 0 aliphatic heterocycles. The molecule has 0 radical (unpaired) electrons. The third-order valence-corrected chi connectivity index (χ3v) is 8.81. The number of aromatic nitrogens is 2. The summed E-state index contributed by atoms with van der Waals surface area (Å²) < 4.78 is 0. The van der Waals surface area contributed by atoms with E-state index in [0.717, 1.165) is 66.6 Å². The fourth-order valence-corrected chi connectivity index (χ4v) is 6.13. The monoisotopic (exact) mass is 810 g/mol. The van der Waals surface area contributed by atoms with E-state index in [-0.39, 0.29) is 20.1 Å². The second-order valence-corrected chi connectivity index (χ2v) is 12.3. The van der Waals surface area contributed by atoms with E-state index in [1.54, 1.807) is 0 Å². The van der Waals surface area contributed by atoms with E-state index in [1.807, 2.05) is 60.9 Å². The summed E-state index contributed by atoms with van der Waals surface area (Å²) in [5, 5.41) is 0. The van der Waals surface area contributed by atoms with Crippen LogP contribution in [0.5, 0.6) is 0 Å². The van der Waals surface area contributed by atoms with Gasteiger partial charge in [-0.3, -0.25) is 0 Å². The molecule has 0 saturated heterocycles. The third-order valence-electron chi connectivity index (χ3n) is 8.81. The molecule has 0 aliphatic rings. The van der Waals surface area contributed by atoms with Gasteiger partial charge in [0.15, 0.2) is 0 Å². The average Bonchev–Trinajstić information content (AvgIpc) is 3.17. The number of benzene rings is 5. The van der Waals surface area contributed by atoms with Gasteiger partial charge >= 0.3 is 20.1 Å². The summed E-state index contributed by atoms with van der Waals surface area (Å²) in [4.78, 5) is 9.46. The summed E-state index contributed by atoms with van der Waals surface area (Å²) in [6.45, 7) is 0. The van der Waals surface area contributed by atoms with Crippen LogP contribution in [0.15, 0.2) is 152 Å². The van der Waals surface area contributed by atoms with Gasteiger partial charge in [-0.25, -0.2) is 0 Å². The van der Waals surface area contributed by atoms with E-state index in [2.05, 4.69) is 109 Å². The van der Waals surface area contributed by atoms with Crippen LogP contribution in [0.3, 0.4) is 0 Å². The van der Waals surface area contributed by atoms with Crippen LogP contribution in [0.25, 0.3) is 33.6 Å². The first kappa shape index (κ1) is 33.9. The van der Waals surface area contributed by atoms with E-state index in [9.17, 15) is 0 Å². The topological polar surface area (TPSA) is 25.8 Å². The van der Waals surface area contributed by atoms with E-state index in [4.69, 9.17) is 9.97 Å². The van der Waals surface area contributed by atoms with Gasteiger partial charge in [-0.1, -0.05) is 72.3 Å². The number of rotatable bonds is 12. The van der Waals surface area contributed by atoms with Crippen molar-refractivity contribution in [3.05, 3.63) is 203 Å². The van der Waals surface area contributed by atoms with E-state index in [1.165, 1.54) is 38.9 Å². The molecule has 2 heterocycles. The first-order valence-electron chi connectivity index (χ1n) is 16.8. The average molecular weight is 810 g/mol. The van der Waals surface area contributed by atoms with Gasteiger partial charge in [-0.2, -0.15) is 0 Å². The standard InChI is InChI=1S/C46H37N2.Ir/c1-4-10-41(11-5-1)42-26-22-35(23-27-42)16-19-38-30-39(20-17-36-24-28-45(47-33-36)43-12-6-2-7-13-43)32-40(31-38)21-18-37-25-29-46(48-34-37)44-14-8-3-9-15-44;/h1-10,12,14,22-34H,16-21H2;/q-3;+3. The Morgan fingerprint density at radius 3 is 1.14 bits per heavy atom. The van der Waals surface area contributed by atoms with Crippen molar-refractivity contribution in [3.63, 3.8) is 0 Å². The van der Waals surface area contributed by atoms with Crippen LogP contribution in [0.2, 0.25) is 0 Å². The number of aryl methyl sites for hydroxylation is 6. The molecule has 0 N–H and O–H groups in total. The molecule has 0 saturated carbocycles. The van der Waals surface area contributed by atoms with Crippen molar-refractivity contribution in [3.8, 4) is 33.6 Å². The molecule has 0 bridgehead atoms. The Morgan fingerprint density at radius 2 is 0.755 bits per heavy atom. The van der Waals surface area contributed by atoms with Crippen molar-refractivity contribution in [2.24, 2.45) is 0 Å². The van der Waals surface area contributed by atoms with Crippen LogP contribution in [0, 0.1) is 18.2 Å². The molecule has 2 nitrogen and oxygen atoms in total. The Hall–Kier alpha value is -4.95. The summed E-state index contributed by atoms with van der Waals surface area (Å²) in [6, 6.07) is 58.8. The molecule has 0 unspecified atom stereocenters. The second kappa shape index (κ2) is 16.9. The van der Waals surface area contributed by atoms with Gasteiger partial charge in [-0.05, 0) is 83.3 Å². The predicted octanol–water partition coefficient (Wildman–Crippen LogP) is 10.2. The molecule has 240 valence electrons. The summed E-state index contributed by atoms with van der Waals surface area (Å²) in [5.74, 6) is 0. The molecular weight excluding hydrogens is 773 g/mol. The van der Waals surface area contributed by atoms with Crippen molar-refractivity contribution in [2.45, 2.75) is 38.5 Å². The fourth-order valence-electron chi connectivity index (χ4n) is 6.13. The van der Waals surface area contributed by atoms with Crippen LogP contribution >= 0.6 is 0 Å². The molecule has 0 spiro atoms. The number of hydrogen-bond acceptors (Lipinski definition) is 2. The van der Waals surface area contributed by atoms with Crippen LogP contribution < -0.4 is 0 Å². The smallest absolute Gasteiger partial charge is 0.304 e. The summed E-state index contributed by atoms with van der Waals surface area (Å²) in [6.07, 6.45) is 9.90. The van der Waals surface area contributed by atoms with Gasteiger partial charge in [0, 0.05) is 12.4 Å². The number of hydrogen-bond donors (Lipinski definition) is 0. The van der Waals surface area contributed by atoms with Gasteiger partial charge < -0.3 is 9.97 Å². The van der Waals surface area contributed by atoms with Crippen LogP contribution in [0.4, 0.5) is 0 Å². The maximum Gasteiger partial charge on any atom is 3.00 e. The maximum absolute atomic E-state index is 4.73. The Kier molecular flexibility index (Phi) is 11.7. The molecular formula is C46H37IrN2. The number of pyridine rings is 2. The van der Waals surface area contributed by atoms with Crippen molar-refractivity contribution < 1.29 is 20.1 Å². The third kappa shape index (κ3) is 9.36. The van der Waals surface area contributed by atoms with E-state index < -0.39 is 0 Å². The van der Waals surface area contributed by atoms with Gasteiger partial charge in [0.05, 0.1) is 0 Å². The van der Waals surface area contributed by atoms with Gasteiger partial charge in [0.25, 0.3) is 0 Å². The first-order chi connectivity index (χ1) is 23.7. The molecule has 7 aromatic rings. The Balaban J connectivity index is 0.00000417. The van der Waals surface area contributed by atoms with Crippen molar-refractivity contribution in [2.75, 3.05) is 0 Å². The maximum atomic E-state index is 4.73. The Bertz CT molecular complexity index is 1770. The van der Waals surface area contributed by atoms with E-state index in [0.29, 0.717) is 0 Å². The Morgan fingerprint density at radius 1 is 0.367 bits per heavy atom. The van der Waals surface area contributed by atoms with Gasteiger partial charge in [0.1, 0.15) is 0 Å². The molecule has 49 heavy (non-hydrogen) atoms. The summed E-state index contributed by atoms with van der Waals surface area (Å²) in [7, 11) is 0. The van der Waals surface area contributed by atoms with Crippen molar-refractivity contribution in [1.82, 2.24) is 9.97 Å². The van der Waals surface area contributed by atoms with Crippen LogP contribution in [0.1, 0.15) is 33.4 Å². The largest absolute Gasteiger partial charge is 3.00 e. The molecule has 0 fully saturated rings. The zero-order valence-corrected chi connectivity index (χ0v) is 29.8. The molecule has 3 heteroatoms. The zero-order chi connectivity index (χ0) is 32.4. The SMILES string of the molecule is [Ir+3].[c-]1ccccc1-c1ccc(CCc2cc(CCc3ccc(-c4[c-]cccc4)nc3)cc(CCc3ccc(-c4[c-]cccc4)nc3)c2)cc1. The summed E-state index contributed by atoms with van der Waals surface area (Å²) >= 11 is 0. The van der Waals surface area contributed by atoms with Crippen molar-refractivity contribution >= 4 is 0 Å². The van der Waals surface area contributed by atoms with Crippen LogP contribution in [-0.4, -0.2) is 9.97 Å². The zero-order valence-electron chi connectivity index (χ0n) is 27.4. The Labute approximate surface area is 304 Å². The molecule has 7 rings (SSSR count). The predicted molar refractivity (Wildman–Crippen MR) is 196 cm³/mol. The van der Waals surface area contributed by atoms with Gasteiger partial charge in [0.2, 0.25) is 0 Å². The van der Waals surface area contributed by atoms with E-state index >= 15 is 0 Å². The first-order valence-corrected chi connectivity index (χ1v) is 16.8. The normalized spacial score (nSPS) is 10.8. The minimum Gasteiger partial charge on any atom is -0.304 e. The number of nitrogens with zero attached hydrogens (tertiary/aromatic N) is 2. The molecule has 0 atom stereocenters. The molecule has 5 aromatic carbocycles. The van der Waals surface area contributed by atoms with Crippen molar-refractivity contribution in [1.29, 1.82) is 0 Å². The fraction of sp³-hybridized carbons (Fsp3) is 0.130. The minimum atomic E-state index is 0. The second-order valence-electron chi connectivity index (χ2n) is 12.3. The quantitative estimate of drug-likeness (QED) is 0.115. The molecule has 0 aliphatic carbocycles. The van der Waals surface area contributed by atoms with Gasteiger partial charge in [-0.15, -0.1) is 108 Å². The van der Waals surface area contributed by atoms with Crippen LogP contribution in [-0.2, 0) is 58.6 Å².